The molecule has 0 radical (unpaired) electrons. The molecule has 6 nitrogen and oxygen atoms in total. The first kappa shape index (κ1) is 33.3. The second kappa shape index (κ2) is 17.1. The number of hydrogen-bond acceptors (Lipinski definition) is 6. The number of hydrogen-bond donors (Lipinski definition) is 1. The minimum Gasteiger partial charge on any atom is -0.441 e. The maximum atomic E-state index is 5.62. The fourth-order valence-corrected chi connectivity index (χ4v) is 6.12. The Kier molecular flexibility index (Phi) is 13.6. The lowest BCUT2D eigenvalue weighted by molar-refractivity contribution is 0.560. The molecule has 2 N–H and O–H groups in total. The Balaban J connectivity index is 0.000000240. The van der Waals surface area contributed by atoms with Crippen LogP contribution in [0.1, 0.15) is 81.2 Å². The topological polar surface area (TPSA) is 80.5 Å². The number of fused-ring (bicyclic) bond motifs is 3. The summed E-state index contributed by atoms with van der Waals surface area (Å²) in [5, 5.41) is 2.17. The van der Waals surface area contributed by atoms with E-state index in [9.17, 15) is 0 Å². The number of aliphatic imine (C=N–C) groups is 1. The molecule has 0 spiro atoms. The normalized spacial score (nSPS) is 13.5. The molecule has 2 aromatic carbocycles. The molecule has 0 bridgehead atoms. The zero-order valence-corrected chi connectivity index (χ0v) is 27.5. The molecule has 7 heteroatoms. The second-order valence-electron chi connectivity index (χ2n) is 10.3. The highest BCUT2D eigenvalue weighted by Crippen LogP contribution is 2.29. The van der Waals surface area contributed by atoms with Crippen LogP contribution in [0.25, 0.3) is 27.7 Å². The van der Waals surface area contributed by atoms with E-state index in [0.29, 0.717) is 6.54 Å². The molecule has 0 aliphatic heterocycles. The van der Waals surface area contributed by atoms with Crippen molar-refractivity contribution < 1.29 is 4.42 Å². The molecule has 226 valence electrons. The van der Waals surface area contributed by atoms with Gasteiger partial charge in [-0.1, -0.05) is 63.2 Å². The van der Waals surface area contributed by atoms with Gasteiger partial charge in [-0.3, -0.25) is 9.98 Å². The van der Waals surface area contributed by atoms with E-state index in [1.54, 1.807) is 11.8 Å². The van der Waals surface area contributed by atoms with E-state index in [2.05, 4.69) is 82.4 Å². The lowest BCUT2D eigenvalue weighted by Gasteiger charge is -2.25. The van der Waals surface area contributed by atoms with Gasteiger partial charge in [0.25, 0.3) is 0 Å². The Morgan fingerprint density at radius 3 is 2.45 bits per heavy atom. The number of nitrogens with two attached hydrogens (primary N) is 1. The average Bonchev–Trinajstić information content (AvgIpc) is 3.21. The summed E-state index contributed by atoms with van der Waals surface area (Å²) in [6, 6.07) is 14.9. The Morgan fingerprint density at radius 2 is 1.76 bits per heavy atom. The number of aryl methyl sites for hydroxylation is 4. The molecule has 0 saturated heterocycles. The van der Waals surface area contributed by atoms with Gasteiger partial charge in [0.1, 0.15) is 5.52 Å². The van der Waals surface area contributed by atoms with Gasteiger partial charge in [-0.25, -0.2) is 4.98 Å². The Hall–Kier alpha value is -3.16. The fraction of sp³-hybridized carbons (Fsp3) is 0.457. The van der Waals surface area contributed by atoms with E-state index in [0.717, 1.165) is 52.0 Å². The first-order chi connectivity index (χ1) is 20.4. The van der Waals surface area contributed by atoms with E-state index in [-0.39, 0.29) is 0 Å². The van der Waals surface area contributed by atoms with E-state index in [1.807, 2.05) is 34.7 Å². The van der Waals surface area contributed by atoms with E-state index < -0.39 is 0 Å². The predicted octanol–water partition coefficient (Wildman–Crippen LogP) is 8.73. The highest BCUT2D eigenvalue weighted by molar-refractivity contribution is 8.13. The largest absolute Gasteiger partial charge is 0.441 e. The van der Waals surface area contributed by atoms with Crippen molar-refractivity contribution >= 4 is 44.6 Å². The molecule has 1 aliphatic rings. The zero-order valence-electron chi connectivity index (χ0n) is 26.7. The third kappa shape index (κ3) is 8.68. The summed E-state index contributed by atoms with van der Waals surface area (Å²) < 4.78 is 5.56. The number of pyridine rings is 1. The SMILES string of the molecule is CC.CC/C=C(\c1cccc2nc(C)ccc12)N(C)C(=NC)SCCCN.Cc1nc2cc3c(cc2o1)CCCCC3. The van der Waals surface area contributed by atoms with Crippen molar-refractivity contribution in [3.8, 4) is 0 Å². The van der Waals surface area contributed by atoms with Gasteiger partial charge in [0.15, 0.2) is 16.6 Å². The molecule has 2 heterocycles. The predicted molar refractivity (Wildman–Crippen MR) is 183 cm³/mol. The van der Waals surface area contributed by atoms with E-state index in [1.165, 1.54) is 59.9 Å². The molecule has 0 fully saturated rings. The molecule has 0 unspecified atom stereocenters. The van der Waals surface area contributed by atoms with Crippen molar-refractivity contribution in [2.45, 2.75) is 79.6 Å². The quantitative estimate of drug-likeness (QED) is 0.105. The van der Waals surface area contributed by atoms with Crippen LogP contribution < -0.4 is 5.73 Å². The summed E-state index contributed by atoms with van der Waals surface area (Å²) in [7, 11) is 3.93. The van der Waals surface area contributed by atoms with E-state index in [4.69, 9.17) is 10.2 Å². The van der Waals surface area contributed by atoms with Gasteiger partial charge in [-0.15, -0.1) is 0 Å². The first-order valence-electron chi connectivity index (χ1n) is 15.4. The highest BCUT2D eigenvalue weighted by Gasteiger charge is 2.16. The molecule has 0 amide bonds. The molecule has 42 heavy (non-hydrogen) atoms. The van der Waals surface area contributed by atoms with Gasteiger partial charge in [0.2, 0.25) is 0 Å². The van der Waals surface area contributed by atoms with Crippen LogP contribution in [-0.4, -0.2) is 46.4 Å². The lowest BCUT2D eigenvalue weighted by atomic mass is 10.0. The number of nitrogens with zero attached hydrogens (tertiary/aromatic N) is 4. The summed E-state index contributed by atoms with van der Waals surface area (Å²) in [5.41, 5.74) is 15.0. The van der Waals surface area contributed by atoms with Crippen LogP contribution in [0.15, 0.2) is 58.0 Å². The van der Waals surface area contributed by atoms with Gasteiger partial charge in [0.05, 0.1) is 5.52 Å². The maximum Gasteiger partial charge on any atom is 0.192 e. The monoisotopic (exact) mass is 587 g/mol. The zero-order chi connectivity index (χ0) is 30.5. The van der Waals surface area contributed by atoms with Crippen molar-refractivity contribution in [1.82, 2.24) is 14.9 Å². The van der Waals surface area contributed by atoms with Crippen molar-refractivity contribution in [3.05, 3.63) is 76.8 Å². The molecular weight excluding hydrogens is 538 g/mol. The van der Waals surface area contributed by atoms with Gasteiger partial charge >= 0.3 is 0 Å². The first-order valence-corrected chi connectivity index (χ1v) is 16.4. The van der Waals surface area contributed by atoms with Crippen molar-refractivity contribution in [3.63, 3.8) is 0 Å². The standard InChI is InChI=1S/C20H28N4S.C13H15NO.C2H6/c1-5-8-19(24(4)20(22-3)25-14-7-13-21)17-9-6-10-18-16(17)12-11-15(2)23-18;1-9-14-12-7-10-5-3-2-4-6-11(10)8-13(12)15-9;1-2/h6,8-12H,5,7,13-14,21H2,1-4H3;7-8H,2-6H2,1H3;1-2H3/b19-8+,22-20?;;. The molecule has 1 aliphatic carbocycles. The second-order valence-corrected chi connectivity index (χ2v) is 11.3. The van der Waals surface area contributed by atoms with Crippen LogP contribution in [0.3, 0.4) is 0 Å². The van der Waals surface area contributed by atoms with Crippen LogP contribution in [0.5, 0.6) is 0 Å². The summed E-state index contributed by atoms with van der Waals surface area (Å²) in [6.07, 6.45) is 10.6. The van der Waals surface area contributed by atoms with Crippen LogP contribution in [0.2, 0.25) is 0 Å². The molecular formula is C35H49N5OS. The Morgan fingerprint density at radius 1 is 1.02 bits per heavy atom. The molecule has 4 aromatic rings. The minimum absolute atomic E-state index is 0.708. The molecule has 2 aromatic heterocycles. The fourth-order valence-electron chi connectivity index (χ4n) is 5.21. The van der Waals surface area contributed by atoms with Crippen LogP contribution in [0.4, 0.5) is 0 Å². The van der Waals surface area contributed by atoms with Crippen molar-refractivity contribution in [1.29, 1.82) is 0 Å². The summed E-state index contributed by atoms with van der Waals surface area (Å²) in [5.74, 6) is 1.74. The summed E-state index contributed by atoms with van der Waals surface area (Å²) in [4.78, 5) is 15.7. The van der Waals surface area contributed by atoms with Crippen LogP contribution in [0, 0.1) is 13.8 Å². The maximum absolute atomic E-state index is 5.62. The van der Waals surface area contributed by atoms with Gasteiger partial charge in [-0.05, 0) is 87.4 Å². The number of allylic oxidation sites excluding steroid dienone is 1. The van der Waals surface area contributed by atoms with Crippen LogP contribution in [-0.2, 0) is 12.8 Å². The van der Waals surface area contributed by atoms with E-state index >= 15 is 0 Å². The number of amidine groups is 1. The van der Waals surface area contributed by atoms with Crippen molar-refractivity contribution in [2.24, 2.45) is 10.7 Å². The third-order valence-electron chi connectivity index (χ3n) is 7.17. The Bertz CT molecular complexity index is 1450. The molecule has 0 saturated carbocycles. The number of rotatable bonds is 6. The lowest BCUT2D eigenvalue weighted by Crippen LogP contribution is -2.23. The van der Waals surface area contributed by atoms with Gasteiger partial charge in [0, 0.05) is 49.1 Å². The summed E-state index contributed by atoms with van der Waals surface area (Å²) in [6.45, 7) is 10.8. The van der Waals surface area contributed by atoms with Crippen molar-refractivity contribution in [2.75, 3.05) is 26.4 Å². The molecule has 0 atom stereocenters. The van der Waals surface area contributed by atoms with Gasteiger partial charge < -0.3 is 15.1 Å². The van der Waals surface area contributed by atoms with Gasteiger partial charge in [-0.2, -0.15) is 0 Å². The highest BCUT2D eigenvalue weighted by atomic mass is 32.2. The number of benzene rings is 2. The number of aromatic nitrogens is 2. The molecule has 5 rings (SSSR count). The number of oxazole rings is 1. The number of thioether (sulfide) groups is 1. The summed E-state index contributed by atoms with van der Waals surface area (Å²) >= 11 is 1.75. The Labute approximate surface area is 256 Å². The smallest absolute Gasteiger partial charge is 0.192 e. The minimum atomic E-state index is 0.708. The third-order valence-corrected chi connectivity index (χ3v) is 8.38. The van der Waals surface area contributed by atoms with Crippen LogP contribution >= 0.6 is 11.8 Å². The average molecular weight is 588 g/mol.